The van der Waals surface area contributed by atoms with Crippen molar-refractivity contribution in [1.82, 2.24) is 4.98 Å². The van der Waals surface area contributed by atoms with Crippen LogP contribution in [-0.2, 0) is 6.54 Å². The Balaban J connectivity index is 2.12. The zero-order valence-electron chi connectivity index (χ0n) is 14.0. The zero-order valence-corrected chi connectivity index (χ0v) is 14.8. The van der Waals surface area contributed by atoms with Crippen molar-refractivity contribution in [1.29, 1.82) is 0 Å². The topological polar surface area (TPSA) is 105 Å². The van der Waals surface area contributed by atoms with E-state index in [0.29, 0.717) is 0 Å². The number of hydrogen-bond acceptors (Lipinski definition) is 5. The highest BCUT2D eigenvalue weighted by atomic mass is 35.5. The molecule has 2 N–H and O–H groups in total. The number of non-ortho nitro benzene ring substituents is 1. The van der Waals surface area contributed by atoms with E-state index in [1.807, 2.05) is 0 Å². The summed E-state index contributed by atoms with van der Waals surface area (Å²) in [7, 11) is 0. The molecule has 3 rings (SSSR count). The molecule has 1 heterocycles. The molecule has 27 heavy (non-hydrogen) atoms. The van der Waals surface area contributed by atoms with Crippen molar-refractivity contribution in [3.63, 3.8) is 0 Å². The molecule has 0 radical (unpaired) electrons. The number of anilines is 1. The molecule has 0 saturated heterocycles. The minimum absolute atomic E-state index is 0.0174. The Morgan fingerprint density at radius 1 is 1.30 bits per heavy atom. The number of pyridine rings is 1. The Hall–Kier alpha value is -3.26. The third-order valence-electron chi connectivity index (χ3n) is 3.99. The molecule has 0 amide bonds. The number of Topliss-reactive ketones (excluding diaryl/α,β-unsaturated/α-hetero) is 1. The number of nitrogens with one attached hydrogen (secondary N) is 2. The molecule has 1 aromatic heterocycles. The van der Waals surface area contributed by atoms with Crippen LogP contribution in [0.4, 0.5) is 15.9 Å². The van der Waals surface area contributed by atoms with Crippen molar-refractivity contribution >= 4 is 39.8 Å². The largest absolute Gasteiger partial charge is 0.367 e. The smallest absolute Gasteiger partial charge is 0.271 e. The fourth-order valence-corrected chi connectivity index (χ4v) is 2.96. The van der Waals surface area contributed by atoms with Gasteiger partial charge >= 0.3 is 0 Å². The molecular formula is C18H13ClFN3O4. The number of hydrogen-bond donors (Lipinski definition) is 2. The SMILES string of the molecule is CC(=O)c1c(NCc2ccc(F)cc2)[nH]c2c(Cl)cc([N+](=O)[O-])cc2c1=O. The van der Waals surface area contributed by atoms with Gasteiger partial charge in [-0.1, -0.05) is 23.7 Å². The molecule has 0 aliphatic rings. The highest BCUT2D eigenvalue weighted by molar-refractivity contribution is 6.35. The van der Waals surface area contributed by atoms with Crippen LogP contribution in [0.1, 0.15) is 22.8 Å². The molecule has 0 saturated carbocycles. The summed E-state index contributed by atoms with van der Waals surface area (Å²) in [5, 5.41) is 13.9. The highest BCUT2D eigenvalue weighted by Gasteiger charge is 2.20. The second-order valence-electron chi connectivity index (χ2n) is 5.85. The Bertz CT molecular complexity index is 1130. The molecule has 0 aliphatic carbocycles. The number of halogens is 2. The van der Waals surface area contributed by atoms with Crippen molar-refractivity contribution in [2.24, 2.45) is 0 Å². The van der Waals surface area contributed by atoms with Crippen molar-refractivity contribution < 1.29 is 14.1 Å². The Kier molecular flexibility index (Phi) is 4.91. The molecule has 0 aliphatic heterocycles. The number of nitro benzene ring substituents is 1. The summed E-state index contributed by atoms with van der Waals surface area (Å²) in [6.07, 6.45) is 0. The minimum atomic E-state index is -0.668. The number of ketones is 1. The lowest BCUT2D eigenvalue weighted by Crippen LogP contribution is -2.19. The first kappa shape index (κ1) is 18.5. The number of carbonyl (C=O) groups excluding carboxylic acids is 1. The molecule has 0 atom stereocenters. The van der Waals surface area contributed by atoms with Crippen LogP contribution in [0, 0.1) is 15.9 Å². The number of aromatic nitrogens is 1. The van der Waals surface area contributed by atoms with Gasteiger partial charge < -0.3 is 10.3 Å². The van der Waals surface area contributed by atoms with Crippen molar-refractivity contribution in [3.05, 3.63) is 78.7 Å². The summed E-state index contributed by atoms with van der Waals surface area (Å²) in [4.78, 5) is 38.0. The van der Waals surface area contributed by atoms with E-state index in [2.05, 4.69) is 10.3 Å². The van der Waals surface area contributed by atoms with E-state index in [1.165, 1.54) is 19.1 Å². The van der Waals surface area contributed by atoms with E-state index in [4.69, 9.17) is 11.6 Å². The van der Waals surface area contributed by atoms with E-state index in [0.717, 1.165) is 17.7 Å². The van der Waals surface area contributed by atoms with E-state index in [1.54, 1.807) is 12.1 Å². The van der Waals surface area contributed by atoms with Crippen LogP contribution in [-0.4, -0.2) is 15.7 Å². The fourth-order valence-electron chi connectivity index (χ4n) is 2.70. The maximum absolute atomic E-state index is 13.0. The number of benzene rings is 2. The minimum Gasteiger partial charge on any atom is -0.367 e. The molecule has 0 bridgehead atoms. The number of fused-ring (bicyclic) bond motifs is 1. The summed E-state index contributed by atoms with van der Waals surface area (Å²) in [6, 6.07) is 7.91. The summed E-state index contributed by atoms with van der Waals surface area (Å²) < 4.78 is 13.0. The lowest BCUT2D eigenvalue weighted by Gasteiger charge is -2.12. The molecule has 7 nitrogen and oxygen atoms in total. The monoisotopic (exact) mass is 389 g/mol. The normalized spacial score (nSPS) is 10.8. The van der Waals surface area contributed by atoms with Gasteiger partial charge in [0.2, 0.25) is 5.43 Å². The second-order valence-corrected chi connectivity index (χ2v) is 6.25. The fraction of sp³-hybridized carbons (Fsp3) is 0.111. The number of nitrogens with zero attached hydrogens (tertiary/aromatic N) is 1. The molecule has 2 aromatic carbocycles. The van der Waals surface area contributed by atoms with Crippen LogP contribution in [0.5, 0.6) is 0 Å². The molecule has 0 fully saturated rings. The average molecular weight is 390 g/mol. The Morgan fingerprint density at radius 2 is 1.96 bits per heavy atom. The van der Waals surface area contributed by atoms with Crippen molar-refractivity contribution in [2.45, 2.75) is 13.5 Å². The number of H-pyrrole nitrogens is 1. The van der Waals surface area contributed by atoms with Gasteiger partial charge in [0.15, 0.2) is 5.78 Å². The maximum Gasteiger partial charge on any atom is 0.271 e. The summed E-state index contributed by atoms with van der Waals surface area (Å²) in [6.45, 7) is 1.44. The summed E-state index contributed by atoms with van der Waals surface area (Å²) in [5.41, 5.74) is -0.273. The first-order valence-corrected chi connectivity index (χ1v) is 8.19. The van der Waals surface area contributed by atoms with E-state index in [-0.39, 0.29) is 45.4 Å². The van der Waals surface area contributed by atoms with Crippen LogP contribution in [0.2, 0.25) is 5.02 Å². The van der Waals surface area contributed by atoms with Crippen LogP contribution >= 0.6 is 11.6 Å². The molecule has 0 unspecified atom stereocenters. The van der Waals surface area contributed by atoms with Gasteiger partial charge in [-0.05, 0) is 24.6 Å². The summed E-state index contributed by atoms with van der Waals surface area (Å²) in [5.74, 6) is -0.752. The quantitative estimate of drug-likeness (QED) is 0.389. The van der Waals surface area contributed by atoms with E-state index in [9.17, 15) is 24.1 Å². The Labute approximate surface area is 156 Å². The van der Waals surface area contributed by atoms with Crippen molar-refractivity contribution in [2.75, 3.05) is 5.32 Å². The molecule has 3 aromatic rings. The van der Waals surface area contributed by atoms with Crippen molar-refractivity contribution in [3.8, 4) is 0 Å². The number of carbonyl (C=O) groups is 1. The predicted molar refractivity (Wildman–Crippen MR) is 100.0 cm³/mol. The second kappa shape index (κ2) is 7.16. The van der Waals surface area contributed by atoms with Gasteiger partial charge in [0.1, 0.15) is 17.2 Å². The van der Waals surface area contributed by atoms with Crippen LogP contribution < -0.4 is 10.7 Å². The summed E-state index contributed by atoms with van der Waals surface area (Å²) >= 11 is 6.09. The lowest BCUT2D eigenvalue weighted by molar-refractivity contribution is -0.384. The van der Waals surface area contributed by atoms with Gasteiger partial charge in [0, 0.05) is 18.7 Å². The maximum atomic E-state index is 13.0. The van der Waals surface area contributed by atoms with Gasteiger partial charge in [-0.25, -0.2) is 4.39 Å². The lowest BCUT2D eigenvalue weighted by atomic mass is 10.1. The average Bonchev–Trinajstić information content (AvgIpc) is 2.61. The van der Waals surface area contributed by atoms with Crippen LogP contribution in [0.3, 0.4) is 0 Å². The first-order chi connectivity index (χ1) is 12.8. The van der Waals surface area contributed by atoms with Gasteiger partial charge in [-0.2, -0.15) is 0 Å². The highest BCUT2D eigenvalue weighted by Crippen LogP contribution is 2.28. The standard InChI is InChI=1S/C18H13ClFN3O4/c1-9(24)15-17(25)13-6-12(23(26)27)7-14(19)16(13)22-18(15)21-8-10-2-4-11(20)5-3-10/h2-7H,8H2,1H3,(H2,21,22,25). The van der Waals surface area contributed by atoms with E-state index >= 15 is 0 Å². The van der Waals surface area contributed by atoms with Gasteiger partial charge in [0.25, 0.3) is 5.69 Å². The third-order valence-corrected chi connectivity index (χ3v) is 4.29. The number of nitro groups is 1. The van der Waals surface area contributed by atoms with Crippen LogP contribution in [0.15, 0.2) is 41.2 Å². The van der Waals surface area contributed by atoms with Gasteiger partial charge in [-0.3, -0.25) is 19.7 Å². The Morgan fingerprint density at radius 3 is 2.56 bits per heavy atom. The van der Waals surface area contributed by atoms with E-state index < -0.39 is 16.1 Å². The molecule has 9 heteroatoms. The molecule has 0 spiro atoms. The van der Waals surface area contributed by atoms with Gasteiger partial charge in [0.05, 0.1) is 20.8 Å². The predicted octanol–water partition coefficient (Wildman–Crippen LogP) is 4.04. The molecule has 138 valence electrons. The van der Waals surface area contributed by atoms with Crippen LogP contribution in [0.25, 0.3) is 10.9 Å². The zero-order chi connectivity index (χ0) is 19.7. The molecular weight excluding hydrogens is 377 g/mol. The first-order valence-electron chi connectivity index (χ1n) is 7.81. The number of aromatic amines is 1. The number of rotatable bonds is 5. The van der Waals surface area contributed by atoms with Gasteiger partial charge in [-0.15, -0.1) is 0 Å². The third kappa shape index (κ3) is 3.65.